The molecule has 2 N–H and O–H groups in total. The highest BCUT2D eigenvalue weighted by Gasteiger charge is 2.09. The van der Waals surface area contributed by atoms with Gasteiger partial charge in [0.05, 0.1) is 0 Å². The van der Waals surface area contributed by atoms with Crippen molar-refractivity contribution < 1.29 is 4.79 Å². The zero-order chi connectivity index (χ0) is 19.4. The molecule has 0 unspecified atom stereocenters. The summed E-state index contributed by atoms with van der Waals surface area (Å²) < 4.78 is 0. The minimum Gasteiger partial charge on any atom is -0.378 e. The number of hydrogen-bond acceptors (Lipinski definition) is 4. The van der Waals surface area contributed by atoms with Crippen molar-refractivity contribution in [3.8, 4) is 0 Å². The van der Waals surface area contributed by atoms with Crippen molar-refractivity contribution in [2.45, 2.75) is 13.8 Å². The van der Waals surface area contributed by atoms with Crippen molar-refractivity contribution in [1.82, 2.24) is 4.98 Å². The summed E-state index contributed by atoms with van der Waals surface area (Å²) in [6.07, 6.45) is 1.63. The molecule has 0 aliphatic carbocycles. The van der Waals surface area contributed by atoms with E-state index in [4.69, 9.17) is 0 Å². The standard InChI is InChI=1S/C22H24N4O/c1-15-11-16(2)13-19(12-15)25-22(27)21-14-18(9-10-23-21)24-17-5-7-20(8-6-17)26(3)4/h5-14H,1-4H3,(H,23,24)(H,25,27). The zero-order valence-electron chi connectivity index (χ0n) is 16.1. The Labute approximate surface area is 160 Å². The molecular weight excluding hydrogens is 336 g/mol. The Morgan fingerprint density at radius 2 is 1.52 bits per heavy atom. The lowest BCUT2D eigenvalue weighted by atomic mass is 10.1. The SMILES string of the molecule is Cc1cc(C)cc(NC(=O)c2cc(Nc3ccc(N(C)C)cc3)ccn2)c1. The molecule has 1 amide bonds. The second kappa shape index (κ2) is 7.91. The molecule has 0 saturated carbocycles. The molecule has 3 aromatic rings. The zero-order valence-corrected chi connectivity index (χ0v) is 16.1. The van der Waals surface area contributed by atoms with Crippen LogP contribution in [0.2, 0.25) is 0 Å². The van der Waals surface area contributed by atoms with Gasteiger partial charge < -0.3 is 15.5 Å². The smallest absolute Gasteiger partial charge is 0.274 e. The summed E-state index contributed by atoms with van der Waals surface area (Å²) >= 11 is 0. The second-order valence-electron chi connectivity index (χ2n) is 6.83. The molecule has 0 saturated heterocycles. The van der Waals surface area contributed by atoms with Gasteiger partial charge in [-0.1, -0.05) is 6.07 Å². The van der Waals surface area contributed by atoms with Crippen LogP contribution in [0.1, 0.15) is 21.6 Å². The summed E-state index contributed by atoms with van der Waals surface area (Å²) in [6.45, 7) is 4.01. The van der Waals surface area contributed by atoms with Gasteiger partial charge in [-0.05, 0) is 73.5 Å². The predicted molar refractivity (Wildman–Crippen MR) is 112 cm³/mol. The summed E-state index contributed by atoms with van der Waals surface area (Å²) in [4.78, 5) is 18.8. The van der Waals surface area contributed by atoms with E-state index in [1.165, 1.54) is 0 Å². The molecule has 1 heterocycles. The normalized spacial score (nSPS) is 10.4. The van der Waals surface area contributed by atoms with Crippen LogP contribution in [0.25, 0.3) is 0 Å². The minimum absolute atomic E-state index is 0.230. The van der Waals surface area contributed by atoms with Gasteiger partial charge in [0, 0.05) is 43.0 Å². The largest absolute Gasteiger partial charge is 0.378 e. The quantitative estimate of drug-likeness (QED) is 0.689. The number of nitrogens with zero attached hydrogens (tertiary/aromatic N) is 2. The topological polar surface area (TPSA) is 57.3 Å². The van der Waals surface area contributed by atoms with E-state index in [1.807, 2.05) is 75.3 Å². The number of anilines is 4. The number of aromatic nitrogens is 1. The number of nitrogens with one attached hydrogen (secondary N) is 2. The van der Waals surface area contributed by atoms with Gasteiger partial charge in [0.1, 0.15) is 5.69 Å². The Kier molecular flexibility index (Phi) is 5.41. The van der Waals surface area contributed by atoms with Gasteiger partial charge >= 0.3 is 0 Å². The number of carbonyl (C=O) groups is 1. The summed E-state index contributed by atoms with van der Waals surface area (Å²) in [5, 5.41) is 6.23. The lowest BCUT2D eigenvalue weighted by Crippen LogP contribution is -2.14. The van der Waals surface area contributed by atoms with Gasteiger partial charge in [-0.2, -0.15) is 0 Å². The van der Waals surface area contributed by atoms with Crippen LogP contribution in [0.15, 0.2) is 60.8 Å². The maximum absolute atomic E-state index is 12.6. The summed E-state index contributed by atoms with van der Waals surface area (Å²) in [5.74, 6) is -0.230. The Bertz CT molecular complexity index is 929. The third-order valence-corrected chi connectivity index (χ3v) is 4.14. The highest BCUT2D eigenvalue weighted by Crippen LogP contribution is 2.21. The van der Waals surface area contributed by atoms with E-state index >= 15 is 0 Å². The van der Waals surface area contributed by atoms with E-state index in [9.17, 15) is 4.79 Å². The van der Waals surface area contributed by atoms with Crippen LogP contribution in [-0.2, 0) is 0 Å². The molecular formula is C22H24N4O. The van der Waals surface area contributed by atoms with Gasteiger partial charge in [0.25, 0.3) is 5.91 Å². The van der Waals surface area contributed by atoms with Crippen molar-refractivity contribution in [3.63, 3.8) is 0 Å². The predicted octanol–water partition coefficient (Wildman–Crippen LogP) is 4.76. The lowest BCUT2D eigenvalue weighted by Gasteiger charge is -2.13. The Balaban J connectivity index is 1.73. The Morgan fingerprint density at radius 3 is 2.15 bits per heavy atom. The van der Waals surface area contributed by atoms with E-state index in [0.29, 0.717) is 5.69 Å². The van der Waals surface area contributed by atoms with Crippen molar-refractivity contribution in [2.24, 2.45) is 0 Å². The van der Waals surface area contributed by atoms with Crippen LogP contribution in [0.3, 0.4) is 0 Å². The van der Waals surface area contributed by atoms with E-state index in [-0.39, 0.29) is 5.91 Å². The maximum Gasteiger partial charge on any atom is 0.274 e. The third-order valence-electron chi connectivity index (χ3n) is 4.14. The van der Waals surface area contributed by atoms with Crippen LogP contribution in [0, 0.1) is 13.8 Å². The fraction of sp³-hybridized carbons (Fsp3) is 0.182. The molecule has 0 fully saturated rings. The summed E-state index contributed by atoms with van der Waals surface area (Å²) in [6, 6.07) is 17.6. The van der Waals surface area contributed by atoms with Crippen molar-refractivity contribution in [3.05, 3.63) is 77.6 Å². The second-order valence-corrected chi connectivity index (χ2v) is 6.83. The van der Waals surface area contributed by atoms with E-state index in [1.54, 1.807) is 12.3 Å². The molecule has 5 heteroatoms. The summed E-state index contributed by atoms with van der Waals surface area (Å²) in [5.41, 5.74) is 6.25. The molecule has 27 heavy (non-hydrogen) atoms. The molecule has 0 spiro atoms. The number of rotatable bonds is 5. The van der Waals surface area contributed by atoms with Crippen LogP contribution >= 0.6 is 0 Å². The molecule has 0 atom stereocenters. The van der Waals surface area contributed by atoms with Gasteiger partial charge in [0.2, 0.25) is 0 Å². The highest BCUT2D eigenvalue weighted by atomic mass is 16.1. The Morgan fingerprint density at radius 1 is 0.852 bits per heavy atom. The molecule has 0 aliphatic heterocycles. The van der Waals surface area contributed by atoms with Gasteiger partial charge in [-0.15, -0.1) is 0 Å². The average Bonchev–Trinajstić information content (AvgIpc) is 2.61. The van der Waals surface area contributed by atoms with Crippen molar-refractivity contribution >= 4 is 28.7 Å². The van der Waals surface area contributed by atoms with Crippen LogP contribution < -0.4 is 15.5 Å². The summed E-state index contributed by atoms with van der Waals surface area (Å²) in [7, 11) is 4.01. The van der Waals surface area contributed by atoms with Gasteiger partial charge in [0.15, 0.2) is 0 Å². The molecule has 1 aromatic heterocycles. The van der Waals surface area contributed by atoms with Crippen LogP contribution in [0.4, 0.5) is 22.7 Å². The van der Waals surface area contributed by atoms with E-state index in [2.05, 4.69) is 21.7 Å². The lowest BCUT2D eigenvalue weighted by molar-refractivity contribution is 0.102. The van der Waals surface area contributed by atoms with Crippen molar-refractivity contribution in [1.29, 1.82) is 0 Å². The fourth-order valence-corrected chi connectivity index (χ4v) is 2.88. The first-order valence-electron chi connectivity index (χ1n) is 8.81. The molecule has 0 aliphatic rings. The first kappa shape index (κ1) is 18.5. The number of amides is 1. The monoisotopic (exact) mass is 360 g/mol. The number of hydrogen-bond donors (Lipinski definition) is 2. The molecule has 0 radical (unpaired) electrons. The maximum atomic E-state index is 12.6. The highest BCUT2D eigenvalue weighted by molar-refractivity contribution is 6.03. The number of benzene rings is 2. The number of aryl methyl sites for hydroxylation is 2. The van der Waals surface area contributed by atoms with Gasteiger partial charge in [-0.3, -0.25) is 9.78 Å². The van der Waals surface area contributed by atoms with E-state index < -0.39 is 0 Å². The molecule has 138 valence electrons. The van der Waals surface area contributed by atoms with Crippen molar-refractivity contribution in [2.75, 3.05) is 29.6 Å². The number of pyridine rings is 1. The Hall–Kier alpha value is -3.34. The third kappa shape index (κ3) is 4.85. The average molecular weight is 360 g/mol. The van der Waals surface area contributed by atoms with E-state index in [0.717, 1.165) is 33.9 Å². The van der Waals surface area contributed by atoms with Gasteiger partial charge in [-0.25, -0.2) is 0 Å². The minimum atomic E-state index is -0.230. The molecule has 5 nitrogen and oxygen atoms in total. The van der Waals surface area contributed by atoms with Crippen LogP contribution in [-0.4, -0.2) is 25.0 Å². The fourth-order valence-electron chi connectivity index (χ4n) is 2.88. The molecule has 3 rings (SSSR count). The van der Waals surface area contributed by atoms with Crippen LogP contribution in [0.5, 0.6) is 0 Å². The first-order valence-corrected chi connectivity index (χ1v) is 8.81. The first-order chi connectivity index (χ1) is 12.9. The number of carbonyl (C=O) groups excluding carboxylic acids is 1. The molecule has 2 aromatic carbocycles. The molecule has 0 bridgehead atoms.